The number of nitrogens with one attached hydrogen (secondary N) is 1. The van der Waals surface area contributed by atoms with Gasteiger partial charge in [-0.2, -0.15) is 0 Å². The zero-order chi connectivity index (χ0) is 20.2. The van der Waals surface area contributed by atoms with E-state index in [1.54, 1.807) is 7.11 Å². The Kier molecular flexibility index (Phi) is 6.04. The molecule has 29 heavy (non-hydrogen) atoms. The zero-order valence-electron chi connectivity index (χ0n) is 17.3. The minimum Gasteiger partial charge on any atom is -0.497 e. The molecule has 7 nitrogen and oxygen atoms in total. The van der Waals surface area contributed by atoms with Crippen molar-refractivity contribution >= 4 is 11.7 Å². The van der Waals surface area contributed by atoms with Crippen molar-refractivity contribution in [3.05, 3.63) is 29.8 Å². The van der Waals surface area contributed by atoms with Crippen LogP contribution in [0.1, 0.15) is 43.0 Å². The maximum absolute atomic E-state index is 13.2. The molecule has 0 saturated carbocycles. The second-order valence-corrected chi connectivity index (χ2v) is 7.94. The van der Waals surface area contributed by atoms with Crippen LogP contribution >= 0.6 is 0 Å². The molecular weight excluding hydrogens is 368 g/mol. The predicted molar refractivity (Wildman–Crippen MR) is 113 cm³/mol. The van der Waals surface area contributed by atoms with Crippen LogP contribution < -0.4 is 15.0 Å². The number of carbonyl (C=O) groups is 1. The first-order valence-electron chi connectivity index (χ1n) is 10.6. The smallest absolute Gasteiger partial charge is 0.259 e. The molecule has 1 aromatic heterocycles. The topological polar surface area (TPSA) is 70.8 Å². The summed E-state index contributed by atoms with van der Waals surface area (Å²) >= 11 is 0. The maximum atomic E-state index is 13.2. The van der Waals surface area contributed by atoms with Crippen molar-refractivity contribution in [1.29, 1.82) is 0 Å². The molecule has 4 rings (SSSR count). The lowest BCUT2D eigenvalue weighted by Gasteiger charge is -2.24. The molecule has 1 amide bonds. The standard InChI is InChI=1S/C22H30N4O3/c1-16(25-11-3-4-12-25)15-23-22(27)19-20(17-7-9-18(28-2)10-8-17)29-24-21(19)26-13-5-6-14-26/h7-10,16H,3-6,11-15H2,1-2H3,(H,23,27). The van der Waals surface area contributed by atoms with E-state index in [0.717, 1.165) is 50.3 Å². The molecule has 2 saturated heterocycles. The lowest BCUT2D eigenvalue weighted by Crippen LogP contribution is -2.41. The molecule has 2 aliphatic rings. The Hall–Kier alpha value is -2.54. The van der Waals surface area contributed by atoms with Crippen LogP contribution in [0.2, 0.25) is 0 Å². The van der Waals surface area contributed by atoms with Gasteiger partial charge in [0.1, 0.15) is 11.3 Å². The maximum Gasteiger partial charge on any atom is 0.259 e. The van der Waals surface area contributed by atoms with Crippen LogP contribution in [0.3, 0.4) is 0 Å². The molecule has 0 spiro atoms. The summed E-state index contributed by atoms with van der Waals surface area (Å²) in [4.78, 5) is 17.8. The third-order valence-corrected chi connectivity index (χ3v) is 5.98. The van der Waals surface area contributed by atoms with Crippen molar-refractivity contribution < 1.29 is 14.1 Å². The van der Waals surface area contributed by atoms with E-state index in [0.29, 0.717) is 29.7 Å². The molecule has 2 fully saturated rings. The average Bonchev–Trinajstić information content (AvgIpc) is 3.52. The first kappa shape index (κ1) is 19.8. The summed E-state index contributed by atoms with van der Waals surface area (Å²) in [5, 5.41) is 7.42. The summed E-state index contributed by atoms with van der Waals surface area (Å²) in [6.45, 7) is 6.81. The third kappa shape index (κ3) is 4.24. The Morgan fingerprint density at radius 1 is 1.14 bits per heavy atom. The largest absolute Gasteiger partial charge is 0.497 e. The van der Waals surface area contributed by atoms with Crippen LogP contribution in [0.4, 0.5) is 5.82 Å². The van der Waals surface area contributed by atoms with Crippen LogP contribution in [0.5, 0.6) is 5.75 Å². The van der Waals surface area contributed by atoms with Crippen molar-refractivity contribution in [3.8, 4) is 17.1 Å². The highest BCUT2D eigenvalue weighted by Crippen LogP contribution is 2.33. The van der Waals surface area contributed by atoms with Crippen molar-refractivity contribution in [2.75, 3.05) is 44.7 Å². The van der Waals surface area contributed by atoms with E-state index in [2.05, 4.69) is 27.2 Å². The lowest BCUT2D eigenvalue weighted by molar-refractivity contribution is 0.0941. The van der Waals surface area contributed by atoms with Crippen molar-refractivity contribution in [2.45, 2.75) is 38.6 Å². The molecule has 2 aromatic rings. The summed E-state index contributed by atoms with van der Waals surface area (Å²) in [5.41, 5.74) is 1.35. The number of benzene rings is 1. The monoisotopic (exact) mass is 398 g/mol. The second kappa shape index (κ2) is 8.86. The van der Waals surface area contributed by atoms with Crippen molar-refractivity contribution in [3.63, 3.8) is 0 Å². The number of amides is 1. The number of nitrogens with zero attached hydrogens (tertiary/aromatic N) is 3. The molecule has 1 atom stereocenters. The van der Waals surface area contributed by atoms with Gasteiger partial charge in [-0.25, -0.2) is 0 Å². The van der Waals surface area contributed by atoms with Crippen LogP contribution in [-0.4, -0.2) is 61.8 Å². The number of hydrogen-bond donors (Lipinski definition) is 1. The number of aromatic nitrogens is 1. The molecule has 3 heterocycles. The SMILES string of the molecule is COc1ccc(-c2onc(N3CCCC3)c2C(=O)NCC(C)N2CCCC2)cc1. The van der Waals surface area contributed by atoms with Crippen molar-refractivity contribution in [2.24, 2.45) is 0 Å². The third-order valence-electron chi connectivity index (χ3n) is 5.98. The van der Waals surface area contributed by atoms with E-state index >= 15 is 0 Å². The molecule has 1 unspecified atom stereocenters. The summed E-state index contributed by atoms with van der Waals surface area (Å²) in [6.07, 6.45) is 4.70. The highest BCUT2D eigenvalue weighted by atomic mass is 16.5. The van der Waals surface area contributed by atoms with Gasteiger partial charge in [-0.05, 0) is 70.0 Å². The molecule has 2 aliphatic heterocycles. The van der Waals surface area contributed by atoms with Crippen LogP contribution in [-0.2, 0) is 0 Å². The molecule has 0 aliphatic carbocycles. The van der Waals surface area contributed by atoms with Crippen LogP contribution in [0.15, 0.2) is 28.8 Å². The van der Waals surface area contributed by atoms with Gasteiger partial charge in [0.2, 0.25) is 0 Å². The van der Waals surface area contributed by atoms with Gasteiger partial charge in [-0.1, -0.05) is 5.16 Å². The van der Waals surface area contributed by atoms with E-state index in [9.17, 15) is 4.79 Å². The fourth-order valence-corrected chi connectivity index (χ4v) is 4.21. The van der Waals surface area contributed by atoms with Crippen molar-refractivity contribution in [1.82, 2.24) is 15.4 Å². The fraction of sp³-hybridized carbons (Fsp3) is 0.545. The number of methoxy groups -OCH3 is 1. The Morgan fingerprint density at radius 3 is 2.45 bits per heavy atom. The highest BCUT2D eigenvalue weighted by Gasteiger charge is 2.29. The Labute approximate surface area is 172 Å². The molecular formula is C22H30N4O3. The van der Waals surface area contributed by atoms with Gasteiger partial charge < -0.3 is 19.5 Å². The van der Waals surface area contributed by atoms with Gasteiger partial charge in [0.05, 0.1) is 7.11 Å². The van der Waals surface area contributed by atoms with Gasteiger partial charge in [0.25, 0.3) is 5.91 Å². The summed E-state index contributed by atoms with van der Waals surface area (Å²) in [6, 6.07) is 7.85. The molecule has 156 valence electrons. The molecule has 0 bridgehead atoms. The molecule has 1 N–H and O–H groups in total. The first-order valence-corrected chi connectivity index (χ1v) is 10.6. The number of ether oxygens (including phenoxy) is 1. The molecule has 7 heteroatoms. The number of hydrogen-bond acceptors (Lipinski definition) is 6. The molecule has 1 aromatic carbocycles. The van der Waals surface area contributed by atoms with E-state index in [1.165, 1.54) is 12.8 Å². The van der Waals surface area contributed by atoms with Crippen LogP contribution in [0, 0.1) is 0 Å². The lowest BCUT2D eigenvalue weighted by atomic mass is 10.1. The average molecular weight is 399 g/mol. The highest BCUT2D eigenvalue weighted by molar-refractivity contribution is 6.04. The van der Waals surface area contributed by atoms with Gasteiger partial charge >= 0.3 is 0 Å². The first-order chi connectivity index (χ1) is 14.2. The number of anilines is 1. The van der Waals surface area contributed by atoms with Gasteiger partial charge in [-0.15, -0.1) is 0 Å². The summed E-state index contributed by atoms with van der Waals surface area (Å²) < 4.78 is 10.9. The Morgan fingerprint density at radius 2 is 1.79 bits per heavy atom. The minimum absolute atomic E-state index is 0.120. The number of rotatable bonds is 7. The van der Waals surface area contributed by atoms with E-state index in [1.807, 2.05) is 24.3 Å². The fourth-order valence-electron chi connectivity index (χ4n) is 4.21. The van der Waals surface area contributed by atoms with E-state index in [-0.39, 0.29) is 5.91 Å². The summed E-state index contributed by atoms with van der Waals surface area (Å²) in [5.74, 6) is 1.81. The van der Waals surface area contributed by atoms with E-state index < -0.39 is 0 Å². The Bertz CT molecular complexity index is 821. The van der Waals surface area contributed by atoms with Gasteiger partial charge in [-0.3, -0.25) is 9.69 Å². The molecule has 0 radical (unpaired) electrons. The van der Waals surface area contributed by atoms with Crippen LogP contribution in [0.25, 0.3) is 11.3 Å². The normalized spacial score (nSPS) is 18.2. The van der Waals surface area contributed by atoms with E-state index in [4.69, 9.17) is 9.26 Å². The Balaban J connectivity index is 1.57. The van der Waals surface area contributed by atoms with Gasteiger partial charge in [0, 0.05) is 31.2 Å². The number of likely N-dealkylation sites (tertiary alicyclic amines) is 1. The van der Waals surface area contributed by atoms with Gasteiger partial charge in [0.15, 0.2) is 11.6 Å². The summed E-state index contributed by atoms with van der Waals surface area (Å²) in [7, 11) is 1.63. The minimum atomic E-state index is -0.120. The zero-order valence-corrected chi connectivity index (χ0v) is 17.3. The predicted octanol–water partition coefficient (Wildman–Crippen LogP) is 3.16. The number of carbonyl (C=O) groups excluding carboxylic acids is 1. The second-order valence-electron chi connectivity index (χ2n) is 7.94. The quantitative estimate of drug-likeness (QED) is 0.773.